The van der Waals surface area contributed by atoms with Crippen LogP contribution in [0, 0.1) is 0 Å². The third-order valence-corrected chi connectivity index (χ3v) is 4.20. The minimum atomic E-state index is 0.384. The molecule has 0 spiro atoms. The van der Waals surface area contributed by atoms with Crippen LogP contribution in [0.15, 0.2) is 34.7 Å². The van der Waals surface area contributed by atoms with Crippen LogP contribution in [-0.2, 0) is 6.42 Å². The molecule has 0 saturated carbocycles. The molecule has 106 valence electrons. The van der Waals surface area contributed by atoms with Gasteiger partial charge in [-0.2, -0.15) is 0 Å². The maximum absolute atomic E-state index is 6.00. The smallest absolute Gasteiger partial charge is 0.134 e. The fourth-order valence-corrected chi connectivity index (χ4v) is 2.89. The van der Waals surface area contributed by atoms with Gasteiger partial charge in [-0.25, -0.2) is 0 Å². The third kappa shape index (κ3) is 2.34. The van der Waals surface area contributed by atoms with E-state index in [9.17, 15) is 0 Å². The zero-order valence-electron chi connectivity index (χ0n) is 12.2. The Balaban J connectivity index is 1.87. The number of anilines is 1. The van der Waals surface area contributed by atoms with Crippen molar-refractivity contribution in [3.8, 4) is 11.3 Å². The van der Waals surface area contributed by atoms with Gasteiger partial charge in [-0.1, -0.05) is 6.92 Å². The highest BCUT2D eigenvalue weighted by Crippen LogP contribution is 2.33. The fraction of sp³-hybridized carbons (Fsp3) is 0.412. The first-order valence-electron chi connectivity index (χ1n) is 7.33. The molecule has 3 nitrogen and oxygen atoms in total. The molecule has 2 heterocycles. The number of fused-ring (bicyclic) bond motifs is 1. The molecule has 0 radical (unpaired) electrons. The molecule has 1 aromatic heterocycles. The summed E-state index contributed by atoms with van der Waals surface area (Å²) in [5.74, 6) is 2.37. The van der Waals surface area contributed by atoms with Gasteiger partial charge in [-0.05, 0) is 55.3 Å². The van der Waals surface area contributed by atoms with Crippen LogP contribution < -0.4 is 10.6 Å². The van der Waals surface area contributed by atoms with Crippen LogP contribution in [-0.4, -0.2) is 20.1 Å². The van der Waals surface area contributed by atoms with Crippen LogP contribution in [0.3, 0.4) is 0 Å². The number of furan rings is 1. The van der Waals surface area contributed by atoms with E-state index in [0.717, 1.165) is 30.9 Å². The number of rotatable bonds is 4. The Kier molecular flexibility index (Phi) is 3.53. The Morgan fingerprint density at radius 3 is 2.95 bits per heavy atom. The summed E-state index contributed by atoms with van der Waals surface area (Å²) in [7, 11) is 2.14. The molecule has 0 amide bonds. The number of hydrogen-bond acceptors (Lipinski definition) is 3. The molecular formula is C17H22N2O. The molecular weight excluding hydrogens is 248 g/mol. The first-order valence-corrected chi connectivity index (χ1v) is 7.33. The summed E-state index contributed by atoms with van der Waals surface area (Å²) in [5, 5.41) is 0. The van der Waals surface area contributed by atoms with E-state index in [-0.39, 0.29) is 0 Å². The zero-order valence-corrected chi connectivity index (χ0v) is 12.2. The van der Waals surface area contributed by atoms with E-state index in [0.29, 0.717) is 12.5 Å². The van der Waals surface area contributed by atoms with Crippen LogP contribution in [0.4, 0.5) is 5.69 Å². The first-order chi connectivity index (χ1) is 9.69. The Bertz CT molecular complexity index is 603. The van der Waals surface area contributed by atoms with E-state index < -0.39 is 0 Å². The molecule has 1 aliphatic heterocycles. The second-order valence-corrected chi connectivity index (χ2v) is 5.70. The number of nitrogens with two attached hydrogens (primary N) is 1. The number of hydrogen-bond donors (Lipinski definition) is 1. The quantitative estimate of drug-likeness (QED) is 0.926. The molecule has 3 rings (SSSR count). The fourth-order valence-electron chi connectivity index (χ4n) is 2.89. The van der Waals surface area contributed by atoms with Crippen LogP contribution in [0.5, 0.6) is 0 Å². The molecule has 1 aromatic carbocycles. The second kappa shape index (κ2) is 5.33. The van der Waals surface area contributed by atoms with Crippen LogP contribution in [0.2, 0.25) is 0 Å². The summed E-state index contributed by atoms with van der Waals surface area (Å²) >= 11 is 0. The van der Waals surface area contributed by atoms with Gasteiger partial charge in [-0.15, -0.1) is 0 Å². The van der Waals surface area contributed by atoms with Crippen molar-refractivity contribution in [2.45, 2.75) is 25.7 Å². The maximum Gasteiger partial charge on any atom is 0.134 e. The van der Waals surface area contributed by atoms with Crippen molar-refractivity contribution in [3.05, 3.63) is 41.7 Å². The summed E-state index contributed by atoms with van der Waals surface area (Å²) in [6.45, 7) is 3.96. The summed E-state index contributed by atoms with van der Waals surface area (Å²) in [6, 6.07) is 10.8. The number of likely N-dealkylation sites (N-methyl/N-ethyl adjacent to an activating group) is 1. The predicted octanol–water partition coefficient (Wildman–Crippen LogP) is 3.39. The van der Waals surface area contributed by atoms with Crippen molar-refractivity contribution < 1.29 is 4.42 Å². The van der Waals surface area contributed by atoms with Gasteiger partial charge in [0.25, 0.3) is 0 Å². The largest absolute Gasteiger partial charge is 0.461 e. The number of nitrogens with zero attached hydrogens (tertiary/aromatic N) is 1. The van der Waals surface area contributed by atoms with Crippen molar-refractivity contribution >= 4 is 5.69 Å². The minimum absolute atomic E-state index is 0.384. The van der Waals surface area contributed by atoms with Crippen molar-refractivity contribution in [2.24, 2.45) is 5.73 Å². The summed E-state index contributed by atoms with van der Waals surface area (Å²) in [6.07, 6.45) is 2.08. The maximum atomic E-state index is 6.00. The average molecular weight is 270 g/mol. The van der Waals surface area contributed by atoms with E-state index >= 15 is 0 Å². The van der Waals surface area contributed by atoms with Gasteiger partial charge in [0.1, 0.15) is 11.5 Å². The third-order valence-electron chi connectivity index (χ3n) is 4.20. The summed E-state index contributed by atoms with van der Waals surface area (Å²) in [5.41, 5.74) is 9.54. The second-order valence-electron chi connectivity index (χ2n) is 5.70. The molecule has 1 atom stereocenters. The molecule has 0 saturated heterocycles. The molecule has 3 heteroatoms. The molecule has 0 aliphatic carbocycles. The zero-order chi connectivity index (χ0) is 14.1. The molecule has 2 N–H and O–H groups in total. The molecule has 1 aliphatic rings. The van der Waals surface area contributed by atoms with E-state index in [2.05, 4.69) is 49.2 Å². The highest BCUT2D eigenvalue weighted by Gasteiger charge is 2.17. The van der Waals surface area contributed by atoms with E-state index in [1.807, 2.05) is 0 Å². The van der Waals surface area contributed by atoms with E-state index in [1.54, 1.807) is 0 Å². The topological polar surface area (TPSA) is 42.4 Å². The summed E-state index contributed by atoms with van der Waals surface area (Å²) < 4.78 is 6.00. The van der Waals surface area contributed by atoms with E-state index in [1.165, 1.54) is 16.8 Å². The van der Waals surface area contributed by atoms with Gasteiger partial charge >= 0.3 is 0 Å². The van der Waals surface area contributed by atoms with Crippen molar-refractivity contribution in [2.75, 3.05) is 25.0 Å². The van der Waals surface area contributed by atoms with Gasteiger partial charge < -0.3 is 15.1 Å². The highest BCUT2D eigenvalue weighted by molar-refractivity contribution is 5.67. The first kappa shape index (κ1) is 13.3. The Hall–Kier alpha value is -1.74. The van der Waals surface area contributed by atoms with Gasteiger partial charge in [0.15, 0.2) is 0 Å². The molecule has 0 bridgehead atoms. The van der Waals surface area contributed by atoms with Crippen molar-refractivity contribution in [1.29, 1.82) is 0 Å². The lowest BCUT2D eigenvalue weighted by atomic mass is 10.1. The highest BCUT2D eigenvalue weighted by atomic mass is 16.3. The van der Waals surface area contributed by atoms with Crippen LogP contribution >= 0.6 is 0 Å². The Labute approximate surface area is 120 Å². The average Bonchev–Trinajstić information content (AvgIpc) is 3.06. The predicted molar refractivity (Wildman–Crippen MR) is 83.2 cm³/mol. The SMILES string of the molecule is CC(CCN)c1ccc(-c2ccc3c(c2)CCN3C)o1. The standard InChI is InChI=1S/C17H22N2O/c1-12(7-9-18)16-5-6-17(20-16)14-3-4-15-13(11-14)8-10-19(15)2/h3-6,11-12H,7-10,18H2,1-2H3. The van der Waals surface area contributed by atoms with Crippen molar-refractivity contribution in [3.63, 3.8) is 0 Å². The van der Waals surface area contributed by atoms with Crippen molar-refractivity contribution in [1.82, 2.24) is 0 Å². The monoisotopic (exact) mass is 270 g/mol. The lowest BCUT2D eigenvalue weighted by Crippen LogP contribution is -2.12. The molecule has 20 heavy (non-hydrogen) atoms. The van der Waals surface area contributed by atoms with E-state index in [4.69, 9.17) is 10.2 Å². The lowest BCUT2D eigenvalue weighted by molar-refractivity contribution is 0.474. The lowest BCUT2D eigenvalue weighted by Gasteiger charge is -2.11. The molecule has 2 aromatic rings. The number of benzene rings is 1. The van der Waals surface area contributed by atoms with Crippen LogP contribution in [0.25, 0.3) is 11.3 Å². The minimum Gasteiger partial charge on any atom is -0.461 e. The Morgan fingerprint density at radius 1 is 1.30 bits per heavy atom. The van der Waals surface area contributed by atoms with Gasteiger partial charge in [0.2, 0.25) is 0 Å². The van der Waals surface area contributed by atoms with Gasteiger partial charge in [0, 0.05) is 30.8 Å². The summed E-state index contributed by atoms with van der Waals surface area (Å²) in [4.78, 5) is 2.30. The Morgan fingerprint density at radius 2 is 2.15 bits per heavy atom. The van der Waals surface area contributed by atoms with Gasteiger partial charge in [-0.3, -0.25) is 0 Å². The molecule has 1 unspecified atom stereocenters. The van der Waals surface area contributed by atoms with Crippen LogP contribution in [0.1, 0.15) is 30.6 Å². The molecule has 0 fully saturated rings. The normalized spacial score (nSPS) is 15.4. The van der Waals surface area contributed by atoms with Gasteiger partial charge in [0.05, 0.1) is 0 Å².